The van der Waals surface area contributed by atoms with E-state index in [2.05, 4.69) is 5.32 Å². The molecule has 1 saturated heterocycles. The Morgan fingerprint density at radius 2 is 2.00 bits per heavy atom. The summed E-state index contributed by atoms with van der Waals surface area (Å²) in [6.07, 6.45) is 1.11. The monoisotopic (exact) mass is 406 g/mol. The molecule has 0 aliphatic carbocycles. The van der Waals surface area contributed by atoms with Gasteiger partial charge < -0.3 is 10.1 Å². The number of nitrogens with zero attached hydrogens (tertiary/aromatic N) is 1. The van der Waals surface area contributed by atoms with E-state index in [9.17, 15) is 17.6 Å². The number of nitrogens with one attached hydrogen (secondary N) is 1. The normalized spacial score (nSPS) is 17.9. The van der Waals surface area contributed by atoms with Crippen molar-refractivity contribution in [3.8, 4) is 5.75 Å². The standard InChI is InChI=1S/C20H23FN2O4S/c1-14-12-16(9-10-19(14)27-2)28(25,26)23-11-5-6-15(13-23)20(24)22-18-8-4-3-7-17(18)21/h3-4,7-10,12,15H,5-6,11,13H2,1-2H3,(H,22,24). The molecule has 0 aromatic heterocycles. The first-order valence-corrected chi connectivity index (χ1v) is 10.5. The van der Waals surface area contributed by atoms with Gasteiger partial charge in [0.25, 0.3) is 0 Å². The molecule has 2 aromatic rings. The molecule has 150 valence electrons. The number of carbonyl (C=O) groups excluding carboxylic acids is 1. The Labute approximate surface area is 164 Å². The van der Waals surface area contributed by atoms with Crippen molar-refractivity contribution in [1.82, 2.24) is 4.31 Å². The topological polar surface area (TPSA) is 75.7 Å². The van der Waals surface area contributed by atoms with Gasteiger partial charge in [0, 0.05) is 13.1 Å². The van der Waals surface area contributed by atoms with Crippen LogP contribution in [0, 0.1) is 18.7 Å². The number of benzene rings is 2. The number of hydrogen-bond acceptors (Lipinski definition) is 4. The molecule has 1 aliphatic heterocycles. The number of anilines is 1. The highest BCUT2D eigenvalue weighted by Gasteiger charge is 2.33. The molecule has 1 atom stereocenters. The SMILES string of the molecule is COc1ccc(S(=O)(=O)N2CCCC(C(=O)Nc3ccccc3F)C2)cc1C. The number of sulfonamides is 1. The second-order valence-corrected chi connectivity index (χ2v) is 8.74. The first-order chi connectivity index (χ1) is 13.3. The van der Waals surface area contributed by atoms with Gasteiger partial charge in [0.1, 0.15) is 11.6 Å². The summed E-state index contributed by atoms with van der Waals surface area (Å²) in [6.45, 7) is 2.18. The van der Waals surface area contributed by atoms with E-state index in [1.807, 2.05) is 0 Å². The van der Waals surface area contributed by atoms with Crippen molar-refractivity contribution >= 4 is 21.6 Å². The summed E-state index contributed by atoms with van der Waals surface area (Å²) in [7, 11) is -2.21. The summed E-state index contributed by atoms with van der Waals surface area (Å²) in [5.41, 5.74) is 0.813. The third kappa shape index (κ3) is 4.18. The van der Waals surface area contributed by atoms with E-state index in [1.165, 1.54) is 35.7 Å². The smallest absolute Gasteiger partial charge is 0.243 e. The molecular formula is C20H23FN2O4S. The van der Waals surface area contributed by atoms with Crippen LogP contribution in [-0.4, -0.2) is 38.8 Å². The Kier molecular flexibility index (Phi) is 6.00. The number of halogens is 1. The minimum absolute atomic E-state index is 0.0632. The maximum atomic E-state index is 13.8. The van der Waals surface area contributed by atoms with Gasteiger partial charge in [-0.05, 0) is 55.7 Å². The Morgan fingerprint density at radius 3 is 2.68 bits per heavy atom. The van der Waals surface area contributed by atoms with Crippen LogP contribution in [0.1, 0.15) is 18.4 Å². The van der Waals surface area contributed by atoms with Crippen molar-refractivity contribution in [2.75, 3.05) is 25.5 Å². The zero-order chi connectivity index (χ0) is 20.3. The Hall–Kier alpha value is -2.45. The maximum Gasteiger partial charge on any atom is 0.243 e. The van der Waals surface area contributed by atoms with Gasteiger partial charge in [-0.25, -0.2) is 12.8 Å². The molecule has 0 radical (unpaired) electrons. The van der Waals surface area contributed by atoms with E-state index in [1.54, 1.807) is 25.1 Å². The zero-order valence-electron chi connectivity index (χ0n) is 15.8. The quantitative estimate of drug-likeness (QED) is 0.828. The summed E-state index contributed by atoms with van der Waals surface area (Å²) < 4.78 is 46.3. The summed E-state index contributed by atoms with van der Waals surface area (Å²) in [4.78, 5) is 12.7. The van der Waals surface area contributed by atoms with E-state index >= 15 is 0 Å². The van der Waals surface area contributed by atoms with Crippen LogP contribution in [0.4, 0.5) is 10.1 Å². The van der Waals surface area contributed by atoms with E-state index in [0.717, 1.165) is 5.56 Å². The second-order valence-electron chi connectivity index (χ2n) is 6.80. The highest BCUT2D eigenvalue weighted by molar-refractivity contribution is 7.89. The van der Waals surface area contributed by atoms with Gasteiger partial charge in [0.05, 0.1) is 23.6 Å². The molecule has 3 rings (SSSR count). The summed E-state index contributed by atoms with van der Waals surface area (Å²) in [6, 6.07) is 10.6. The number of hydrogen-bond donors (Lipinski definition) is 1. The van der Waals surface area contributed by atoms with Gasteiger partial charge in [0.2, 0.25) is 15.9 Å². The molecule has 1 aliphatic rings. The van der Waals surface area contributed by atoms with Gasteiger partial charge in [-0.15, -0.1) is 0 Å². The Bertz CT molecular complexity index is 978. The minimum Gasteiger partial charge on any atom is -0.496 e. The van der Waals surface area contributed by atoms with Crippen molar-refractivity contribution < 1.29 is 22.3 Å². The maximum absolute atomic E-state index is 13.8. The van der Waals surface area contributed by atoms with Crippen LogP contribution in [0.5, 0.6) is 5.75 Å². The molecule has 0 saturated carbocycles. The average molecular weight is 406 g/mol. The highest BCUT2D eigenvalue weighted by Crippen LogP contribution is 2.28. The average Bonchev–Trinajstić information content (AvgIpc) is 2.69. The summed E-state index contributed by atoms with van der Waals surface area (Å²) >= 11 is 0. The molecule has 8 heteroatoms. The molecule has 1 amide bonds. The number of carbonyl (C=O) groups is 1. The third-order valence-corrected chi connectivity index (χ3v) is 6.75. The van der Waals surface area contributed by atoms with Crippen molar-refractivity contribution in [1.29, 1.82) is 0 Å². The van der Waals surface area contributed by atoms with Crippen LogP contribution in [-0.2, 0) is 14.8 Å². The zero-order valence-corrected chi connectivity index (χ0v) is 16.6. The molecule has 0 spiro atoms. The third-order valence-electron chi connectivity index (χ3n) is 4.89. The lowest BCUT2D eigenvalue weighted by atomic mass is 9.98. The van der Waals surface area contributed by atoms with Gasteiger partial charge in [-0.2, -0.15) is 4.31 Å². The number of piperidine rings is 1. The summed E-state index contributed by atoms with van der Waals surface area (Å²) in [5.74, 6) is -0.831. The van der Waals surface area contributed by atoms with Crippen LogP contribution >= 0.6 is 0 Å². The molecule has 1 fully saturated rings. The Morgan fingerprint density at radius 1 is 1.25 bits per heavy atom. The predicted molar refractivity (Wildman–Crippen MR) is 104 cm³/mol. The molecule has 1 N–H and O–H groups in total. The van der Waals surface area contributed by atoms with Crippen molar-refractivity contribution in [3.63, 3.8) is 0 Å². The van der Waals surface area contributed by atoms with Gasteiger partial charge >= 0.3 is 0 Å². The number of aryl methyl sites for hydroxylation is 1. The molecule has 28 heavy (non-hydrogen) atoms. The largest absolute Gasteiger partial charge is 0.496 e. The number of ether oxygens (including phenoxy) is 1. The molecule has 2 aromatic carbocycles. The molecular weight excluding hydrogens is 383 g/mol. The van der Waals surface area contributed by atoms with Crippen molar-refractivity contribution in [2.45, 2.75) is 24.7 Å². The van der Waals surface area contributed by atoms with Gasteiger partial charge in [-0.1, -0.05) is 12.1 Å². The van der Waals surface area contributed by atoms with E-state index < -0.39 is 21.8 Å². The van der Waals surface area contributed by atoms with Gasteiger partial charge in [0.15, 0.2) is 0 Å². The molecule has 0 bridgehead atoms. The lowest BCUT2D eigenvalue weighted by Crippen LogP contribution is -2.43. The molecule has 6 nitrogen and oxygen atoms in total. The van der Waals surface area contributed by atoms with Crippen LogP contribution in [0.25, 0.3) is 0 Å². The fraction of sp³-hybridized carbons (Fsp3) is 0.350. The lowest BCUT2D eigenvalue weighted by Gasteiger charge is -2.31. The van der Waals surface area contributed by atoms with Crippen LogP contribution in [0.2, 0.25) is 0 Å². The fourth-order valence-corrected chi connectivity index (χ4v) is 4.94. The molecule has 1 unspecified atom stereocenters. The van der Waals surface area contributed by atoms with E-state index in [4.69, 9.17) is 4.74 Å². The number of para-hydroxylation sites is 1. The van der Waals surface area contributed by atoms with Crippen LogP contribution in [0.3, 0.4) is 0 Å². The minimum atomic E-state index is -3.73. The fourth-order valence-electron chi connectivity index (χ4n) is 3.33. The number of amides is 1. The first-order valence-electron chi connectivity index (χ1n) is 9.03. The van der Waals surface area contributed by atoms with Crippen LogP contribution in [0.15, 0.2) is 47.4 Å². The molecule has 1 heterocycles. The van der Waals surface area contributed by atoms with Crippen LogP contribution < -0.4 is 10.1 Å². The first kappa shape index (κ1) is 20.3. The van der Waals surface area contributed by atoms with Gasteiger partial charge in [-0.3, -0.25) is 4.79 Å². The van der Waals surface area contributed by atoms with E-state index in [-0.39, 0.29) is 23.0 Å². The lowest BCUT2D eigenvalue weighted by molar-refractivity contribution is -0.120. The van der Waals surface area contributed by atoms with E-state index in [0.29, 0.717) is 25.1 Å². The van der Waals surface area contributed by atoms with Crippen molar-refractivity contribution in [2.24, 2.45) is 5.92 Å². The summed E-state index contributed by atoms with van der Waals surface area (Å²) in [5, 5.41) is 2.56. The Balaban J connectivity index is 1.76. The number of rotatable bonds is 5. The second kappa shape index (κ2) is 8.28. The predicted octanol–water partition coefficient (Wildman–Crippen LogP) is 3.18. The van der Waals surface area contributed by atoms with Crippen molar-refractivity contribution in [3.05, 3.63) is 53.8 Å². The highest BCUT2D eigenvalue weighted by atomic mass is 32.2. The number of methoxy groups -OCH3 is 1.